The summed E-state index contributed by atoms with van der Waals surface area (Å²) >= 11 is 1.45. The van der Waals surface area contributed by atoms with E-state index in [-0.39, 0.29) is 62.9 Å². The van der Waals surface area contributed by atoms with Gasteiger partial charge in [0.15, 0.2) is 5.17 Å². The Morgan fingerprint density at radius 2 is 2.29 bits per heavy atom. The average Bonchev–Trinajstić information content (AvgIpc) is 3.00. The van der Waals surface area contributed by atoms with Crippen molar-refractivity contribution in [2.45, 2.75) is 18.6 Å². The van der Waals surface area contributed by atoms with Crippen LogP contribution < -0.4 is 11.1 Å². The number of pyridine rings is 1. The van der Waals surface area contributed by atoms with Crippen LogP contribution >= 0.6 is 11.8 Å². The van der Waals surface area contributed by atoms with E-state index in [9.17, 15) is 9.18 Å². The molecular formula is C19H18FN4O2SY-. The van der Waals surface area contributed by atoms with Crippen LogP contribution in [0.1, 0.15) is 23.0 Å². The molecule has 3 heterocycles. The molecule has 2 aliphatic heterocycles. The van der Waals surface area contributed by atoms with Gasteiger partial charge in [-0.2, -0.15) is 6.07 Å². The van der Waals surface area contributed by atoms with Crippen LogP contribution in [0.2, 0.25) is 0 Å². The summed E-state index contributed by atoms with van der Waals surface area (Å²) in [4.78, 5) is 20.9. The largest absolute Gasteiger partial charge is 0.379 e. The number of ether oxygens (including phenoxy) is 1. The molecule has 2 aliphatic rings. The fourth-order valence-corrected chi connectivity index (χ4v) is 4.71. The number of hydrogen-bond acceptors (Lipinski definition) is 6. The molecular weight excluding hydrogens is 456 g/mol. The Balaban J connectivity index is 0.00000225. The zero-order chi connectivity index (χ0) is 19.0. The van der Waals surface area contributed by atoms with Crippen LogP contribution in [0.5, 0.6) is 0 Å². The van der Waals surface area contributed by atoms with Crippen molar-refractivity contribution in [3.63, 3.8) is 0 Å². The van der Waals surface area contributed by atoms with Gasteiger partial charge in [-0.15, -0.1) is 0 Å². The van der Waals surface area contributed by atoms with Crippen LogP contribution in [0, 0.1) is 17.8 Å². The van der Waals surface area contributed by atoms with Crippen LogP contribution in [-0.4, -0.2) is 34.5 Å². The molecule has 9 heteroatoms. The third-order valence-corrected chi connectivity index (χ3v) is 5.92. The third-order valence-electron chi connectivity index (χ3n) is 5.01. The number of aliphatic imine (C=N–C) groups is 1. The molecule has 1 aromatic heterocycles. The van der Waals surface area contributed by atoms with Crippen molar-refractivity contribution in [1.29, 1.82) is 0 Å². The number of amides is 1. The van der Waals surface area contributed by atoms with Crippen molar-refractivity contribution in [1.82, 2.24) is 4.98 Å². The summed E-state index contributed by atoms with van der Waals surface area (Å²) in [5.74, 6) is -0.0706. The number of fused-ring (bicyclic) bond motifs is 1. The number of hydrogen-bond donors (Lipinski definition) is 2. The summed E-state index contributed by atoms with van der Waals surface area (Å²) in [5.41, 5.74) is 6.18. The maximum Gasteiger partial charge on any atom is 0.255 e. The molecule has 28 heavy (non-hydrogen) atoms. The summed E-state index contributed by atoms with van der Waals surface area (Å²) in [5, 5.41) is 3.18. The minimum absolute atomic E-state index is 0. The van der Waals surface area contributed by atoms with E-state index in [1.54, 1.807) is 18.2 Å². The SMILES string of the molecule is C[C@H]1OC[C@]2(c3cc(NC(=O)c4cc[c-]cn4)ccc3F)N=C(N)SC[C@H]12.[Y]. The molecule has 6 nitrogen and oxygen atoms in total. The van der Waals surface area contributed by atoms with Crippen molar-refractivity contribution in [2.24, 2.45) is 16.6 Å². The third kappa shape index (κ3) is 3.88. The number of amidine groups is 1. The van der Waals surface area contributed by atoms with Gasteiger partial charge in [-0.3, -0.25) is 9.78 Å². The molecule has 1 fully saturated rings. The maximum atomic E-state index is 14.8. The Labute approximate surface area is 191 Å². The minimum atomic E-state index is -0.875. The number of halogens is 1. The minimum Gasteiger partial charge on any atom is -0.379 e. The molecule has 4 rings (SSSR count). The zero-order valence-electron chi connectivity index (χ0n) is 15.2. The molecule has 143 valence electrons. The van der Waals surface area contributed by atoms with Crippen molar-refractivity contribution >= 4 is 28.5 Å². The van der Waals surface area contributed by atoms with E-state index in [0.717, 1.165) is 0 Å². The molecule has 1 saturated heterocycles. The van der Waals surface area contributed by atoms with Gasteiger partial charge in [0, 0.05) is 61.3 Å². The normalized spacial score (nSPS) is 26.0. The first kappa shape index (κ1) is 21.4. The van der Waals surface area contributed by atoms with Crippen molar-refractivity contribution in [3.8, 4) is 0 Å². The number of nitrogens with zero attached hydrogens (tertiary/aromatic N) is 2. The molecule has 1 amide bonds. The second-order valence-electron chi connectivity index (χ2n) is 6.60. The fraction of sp³-hybridized carbons (Fsp3) is 0.316. The smallest absolute Gasteiger partial charge is 0.255 e. The van der Waals surface area contributed by atoms with Crippen LogP contribution in [-0.2, 0) is 43.0 Å². The van der Waals surface area contributed by atoms with Gasteiger partial charge in [-0.1, -0.05) is 18.0 Å². The van der Waals surface area contributed by atoms with Gasteiger partial charge in [-0.05, 0) is 25.1 Å². The number of rotatable bonds is 3. The standard InChI is InChI=1S/C19H18FN4O2S.Y/c1-11-14-9-27-18(21)24-19(14,10-26-11)13-8-12(5-6-15(13)20)23-17(25)16-4-2-3-7-22-16;/h2,4-8,11,14H,9-10H2,1H3,(H2,21,24)(H,23,25);/q-1;/t11-,14-,19-;/m1./s1. The van der Waals surface area contributed by atoms with Crippen LogP contribution in [0.15, 0.2) is 41.5 Å². The first-order chi connectivity index (χ1) is 13.0. The number of carbonyl (C=O) groups excluding carboxylic acids is 1. The monoisotopic (exact) mass is 474 g/mol. The molecule has 1 aromatic carbocycles. The number of nitrogens with one attached hydrogen (secondary N) is 1. The van der Waals surface area contributed by atoms with Crippen LogP contribution in [0.3, 0.4) is 0 Å². The number of anilines is 1. The van der Waals surface area contributed by atoms with E-state index in [2.05, 4.69) is 21.4 Å². The summed E-state index contributed by atoms with van der Waals surface area (Å²) in [7, 11) is 0. The molecule has 3 atom stereocenters. The number of thioether (sulfide) groups is 1. The Bertz CT molecular complexity index is 914. The van der Waals surface area contributed by atoms with Crippen molar-refractivity contribution in [3.05, 3.63) is 59.7 Å². The Kier molecular flexibility index (Phi) is 6.54. The van der Waals surface area contributed by atoms with Crippen LogP contribution in [0.25, 0.3) is 0 Å². The van der Waals surface area contributed by atoms with Crippen molar-refractivity contribution < 1.29 is 46.6 Å². The Morgan fingerprint density at radius 3 is 3.04 bits per heavy atom. The summed E-state index contributed by atoms with van der Waals surface area (Å²) < 4.78 is 20.6. The quantitative estimate of drug-likeness (QED) is 0.668. The van der Waals surface area contributed by atoms with Gasteiger partial charge >= 0.3 is 0 Å². The van der Waals surface area contributed by atoms with Gasteiger partial charge in [0.25, 0.3) is 5.91 Å². The van der Waals surface area contributed by atoms with Crippen molar-refractivity contribution in [2.75, 3.05) is 17.7 Å². The number of benzene rings is 1. The van der Waals surface area contributed by atoms with E-state index in [0.29, 0.717) is 22.2 Å². The second kappa shape index (κ2) is 8.57. The van der Waals surface area contributed by atoms with E-state index in [4.69, 9.17) is 10.5 Å². The van der Waals surface area contributed by atoms with Crippen LogP contribution in [0.4, 0.5) is 10.1 Å². The predicted octanol–water partition coefficient (Wildman–Crippen LogP) is 2.56. The van der Waals surface area contributed by atoms with Gasteiger partial charge in [0.2, 0.25) is 0 Å². The molecule has 0 spiro atoms. The molecule has 2 aromatic rings. The van der Waals surface area contributed by atoms with E-state index in [1.807, 2.05) is 6.92 Å². The molecule has 1 radical (unpaired) electrons. The number of aromatic nitrogens is 1. The predicted molar refractivity (Wildman–Crippen MR) is 102 cm³/mol. The van der Waals surface area contributed by atoms with Gasteiger partial charge in [-0.25, -0.2) is 21.5 Å². The summed E-state index contributed by atoms with van der Waals surface area (Å²) in [6.07, 6.45) is 1.36. The number of nitrogens with two attached hydrogens (primary N) is 1. The molecule has 0 unspecified atom stereocenters. The summed E-state index contributed by atoms with van der Waals surface area (Å²) in [6.45, 7) is 2.22. The van der Waals surface area contributed by atoms with E-state index >= 15 is 0 Å². The summed E-state index contributed by atoms with van der Waals surface area (Å²) in [6, 6.07) is 10.4. The second-order valence-corrected chi connectivity index (χ2v) is 7.64. The Morgan fingerprint density at radius 1 is 1.46 bits per heavy atom. The molecule has 3 N–H and O–H groups in total. The topological polar surface area (TPSA) is 89.6 Å². The van der Waals surface area contributed by atoms with Gasteiger partial charge in [0.1, 0.15) is 11.4 Å². The average molecular weight is 474 g/mol. The first-order valence-electron chi connectivity index (χ1n) is 8.53. The van der Waals surface area contributed by atoms with E-state index in [1.165, 1.54) is 30.1 Å². The Hall–Kier alpha value is -1.35. The van der Waals surface area contributed by atoms with Gasteiger partial charge in [0.05, 0.1) is 12.7 Å². The first-order valence-corrected chi connectivity index (χ1v) is 9.51. The molecule has 0 aliphatic carbocycles. The molecule has 0 saturated carbocycles. The zero-order valence-corrected chi connectivity index (χ0v) is 18.8. The molecule has 0 bridgehead atoms. The maximum absolute atomic E-state index is 14.8. The van der Waals surface area contributed by atoms with E-state index < -0.39 is 11.4 Å². The fourth-order valence-electron chi connectivity index (χ4n) is 3.58. The number of carbonyl (C=O) groups is 1. The van der Waals surface area contributed by atoms with Gasteiger partial charge < -0.3 is 15.8 Å².